The van der Waals surface area contributed by atoms with Crippen LogP contribution in [0.1, 0.15) is 15.9 Å². The molecule has 0 radical (unpaired) electrons. The van der Waals surface area contributed by atoms with Crippen LogP contribution in [0.5, 0.6) is 0 Å². The van der Waals surface area contributed by atoms with Crippen LogP contribution in [0.3, 0.4) is 0 Å². The summed E-state index contributed by atoms with van der Waals surface area (Å²) >= 11 is 13.2. The number of aryl methyl sites for hydroxylation is 1. The van der Waals surface area contributed by atoms with E-state index in [-0.39, 0.29) is 31.6 Å². The van der Waals surface area contributed by atoms with Gasteiger partial charge in [-0.3, -0.25) is 14.2 Å². The Balaban J connectivity index is 1.83. The minimum absolute atomic E-state index is 0.0352. The molecular weight excluding hydrogens is 473 g/mol. The molecule has 7 nitrogen and oxygen atoms in total. The van der Waals surface area contributed by atoms with Gasteiger partial charge in [-0.2, -0.15) is 0 Å². The molecule has 4 aromatic rings. The molecule has 0 unspecified atom stereocenters. The second-order valence-corrected chi connectivity index (χ2v) is 8.62. The average molecular weight is 488 g/mol. The molecule has 0 aliphatic heterocycles. The number of anilines is 1. The number of carbonyl (C=O) groups excluding carboxylic acids is 1. The fourth-order valence-corrected chi connectivity index (χ4v) is 4.44. The number of thiophene rings is 1. The fourth-order valence-electron chi connectivity index (χ4n) is 3.19. The first kappa shape index (κ1) is 22.0. The quantitative estimate of drug-likeness (QED) is 0.408. The Labute approximate surface area is 195 Å². The third-order valence-electron chi connectivity index (χ3n) is 4.76. The highest BCUT2D eigenvalue weighted by molar-refractivity contribution is 7.17. The molecule has 2 aromatic heterocycles. The van der Waals surface area contributed by atoms with Crippen molar-refractivity contribution < 1.29 is 14.7 Å². The molecule has 0 aliphatic carbocycles. The van der Waals surface area contributed by atoms with Crippen molar-refractivity contribution in [1.82, 2.24) is 9.55 Å². The van der Waals surface area contributed by atoms with E-state index < -0.39 is 24.0 Å². The molecule has 32 heavy (non-hydrogen) atoms. The van der Waals surface area contributed by atoms with Crippen molar-refractivity contribution in [3.05, 3.63) is 79.4 Å². The Morgan fingerprint density at radius 3 is 2.56 bits per heavy atom. The van der Waals surface area contributed by atoms with Crippen molar-refractivity contribution in [2.24, 2.45) is 0 Å². The van der Waals surface area contributed by atoms with Crippen LogP contribution in [0.2, 0.25) is 10.0 Å². The van der Waals surface area contributed by atoms with Crippen LogP contribution in [0.25, 0.3) is 21.6 Å². The molecule has 0 saturated heterocycles. The first-order valence-corrected chi connectivity index (χ1v) is 11.0. The summed E-state index contributed by atoms with van der Waals surface area (Å²) in [7, 11) is 0. The number of aromatic carboxylic acids is 1. The average Bonchev–Trinajstić information content (AvgIpc) is 3.19. The summed E-state index contributed by atoms with van der Waals surface area (Å²) in [5.74, 6) is -1.52. The summed E-state index contributed by atoms with van der Waals surface area (Å²) < 4.78 is 1.17. The minimum atomic E-state index is -1.24. The number of carboxylic acid groups (broad SMARTS) is 1. The molecule has 162 valence electrons. The third-order valence-corrected chi connectivity index (χ3v) is 6.45. The molecule has 0 spiro atoms. The Morgan fingerprint density at radius 1 is 1.16 bits per heavy atom. The number of amides is 1. The smallest absolute Gasteiger partial charge is 0.337 e. The van der Waals surface area contributed by atoms with E-state index in [0.29, 0.717) is 11.3 Å². The zero-order valence-electron chi connectivity index (χ0n) is 16.6. The van der Waals surface area contributed by atoms with Crippen molar-refractivity contribution >= 4 is 62.3 Å². The molecule has 0 fully saturated rings. The molecule has 0 saturated carbocycles. The number of nitrogens with zero attached hydrogens (tertiary/aromatic N) is 2. The van der Waals surface area contributed by atoms with E-state index in [1.165, 1.54) is 9.95 Å². The number of hydrogen-bond acceptors (Lipinski definition) is 5. The van der Waals surface area contributed by atoms with Gasteiger partial charge in [0.1, 0.15) is 17.2 Å². The van der Waals surface area contributed by atoms with Crippen LogP contribution < -0.4 is 10.9 Å². The van der Waals surface area contributed by atoms with E-state index in [1.54, 1.807) is 30.3 Å². The predicted octanol–water partition coefficient (Wildman–Crippen LogP) is 5.08. The summed E-state index contributed by atoms with van der Waals surface area (Å²) in [6.45, 7) is 1.52. The van der Waals surface area contributed by atoms with Gasteiger partial charge in [0, 0.05) is 10.9 Å². The van der Waals surface area contributed by atoms with Gasteiger partial charge in [-0.05, 0) is 19.1 Å². The summed E-state index contributed by atoms with van der Waals surface area (Å²) in [4.78, 5) is 42.5. The second kappa shape index (κ2) is 8.74. The van der Waals surface area contributed by atoms with Gasteiger partial charge in [-0.1, -0.05) is 59.1 Å². The molecule has 0 aliphatic rings. The number of carboxylic acids is 1. The van der Waals surface area contributed by atoms with Gasteiger partial charge in [-0.25, -0.2) is 9.78 Å². The zero-order valence-corrected chi connectivity index (χ0v) is 18.9. The van der Waals surface area contributed by atoms with E-state index in [2.05, 4.69) is 10.3 Å². The van der Waals surface area contributed by atoms with Gasteiger partial charge in [0.05, 0.1) is 26.7 Å². The molecule has 0 bridgehead atoms. The molecule has 2 aromatic carbocycles. The maximum Gasteiger partial charge on any atom is 0.337 e. The van der Waals surface area contributed by atoms with Gasteiger partial charge < -0.3 is 10.4 Å². The van der Waals surface area contributed by atoms with Gasteiger partial charge >= 0.3 is 5.97 Å². The first-order valence-electron chi connectivity index (χ1n) is 9.32. The Kier molecular flexibility index (Phi) is 6.01. The molecule has 2 heterocycles. The van der Waals surface area contributed by atoms with Crippen LogP contribution >= 0.6 is 34.5 Å². The van der Waals surface area contributed by atoms with Gasteiger partial charge in [0.15, 0.2) is 0 Å². The van der Waals surface area contributed by atoms with Crippen molar-refractivity contribution in [3.63, 3.8) is 0 Å². The molecule has 2 N–H and O–H groups in total. The highest BCUT2D eigenvalue weighted by Crippen LogP contribution is 2.30. The van der Waals surface area contributed by atoms with E-state index >= 15 is 0 Å². The third kappa shape index (κ3) is 4.12. The summed E-state index contributed by atoms with van der Waals surface area (Å²) in [5, 5.41) is 13.9. The minimum Gasteiger partial charge on any atom is -0.478 e. The largest absolute Gasteiger partial charge is 0.478 e. The summed E-state index contributed by atoms with van der Waals surface area (Å²) in [6, 6.07) is 12.1. The predicted molar refractivity (Wildman–Crippen MR) is 126 cm³/mol. The van der Waals surface area contributed by atoms with Crippen LogP contribution in [0, 0.1) is 6.92 Å². The monoisotopic (exact) mass is 487 g/mol. The molecular formula is C22H15Cl2N3O4S. The van der Waals surface area contributed by atoms with Gasteiger partial charge in [0.25, 0.3) is 5.56 Å². The maximum atomic E-state index is 13.3. The van der Waals surface area contributed by atoms with E-state index in [9.17, 15) is 19.5 Å². The van der Waals surface area contributed by atoms with Crippen LogP contribution in [-0.2, 0) is 11.3 Å². The Bertz CT molecular complexity index is 1430. The Morgan fingerprint density at radius 2 is 1.88 bits per heavy atom. The number of fused-ring (bicyclic) bond motifs is 1. The highest BCUT2D eigenvalue weighted by atomic mass is 35.5. The van der Waals surface area contributed by atoms with Crippen LogP contribution in [-0.4, -0.2) is 26.5 Å². The molecule has 10 heteroatoms. The number of nitrogens with one attached hydrogen (secondary N) is 1. The van der Waals surface area contributed by atoms with Crippen molar-refractivity contribution in [3.8, 4) is 11.4 Å². The van der Waals surface area contributed by atoms with Crippen molar-refractivity contribution in [1.29, 1.82) is 0 Å². The molecule has 4 rings (SSSR count). The van der Waals surface area contributed by atoms with Gasteiger partial charge in [0.2, 0.25) is 5.91 Å². The topological polar surface area (TPSA) is 101 Å². The van der Waals surface area contributed by atoms with E-state index in [4.69, 9.17) is 23.2 Å². The first-order chi connectivity index (χ1) is 15.3. The fraction of sp³-hybridized carbons (Fsp3) is 0.0909. The Hall–Kier alpha value is -3.20. The second-order valence-electron chi connectivity index (χ2n) is 6.98. The zero-order chi connectivity index (χ0) is 23.0. The molecule has 0 atom stereocenters. The lowest BCUT2D eigenvalue weighted by molar-refractivity contribution is -0.116. The number of benzene rings is 2. The lowest BCUT2D eigenvalue weighted by Gasteiger charge is -2.14. The van der Waals surface area contributed by atoms with Crippen molar-refractivity contribution in [2.75, 3.05) is 5.32 Å². The maximum absolute atomic E-state index is 13.3. The molecule has 1 amide bonds. The standard InChI is InChI=1S/C22H15Cl2N3O4S/c1-11-5-7-12(8-6-11)19-26-20-17(13(10-32-20)22(30)31)21(29)27(19)9-16(28)25-15-4-2-3-14(23)18(15)24/h2-8,10H,9H2,1H3,(H,25,28)(H,30,31). The number of aromatic nitrogens is 2. The number of carbonyl (C=O) groups is 2. The summed E-state index contributed by atoms with van der Waals surface area (Å²) in [6.07, 6.45) is 0. The lowest BCUT2D eigenvalue weighted by atomic mass is 10.1. The highest BCUT2D eigenvalue weighted by Gasteiger charge is 2.22. The van der Waals surface area contributed by atoms with E-state index in [0.717, 1.165) is 16.9 Å². The lowest BCUT2D eigenvalue weighted by Crippen LogP contribution is -2.30. The number of rotatable bonds is 5. The number of hydrogen-bond donors (Lipinski definition) is 2. The number of halogens is 2. The van der Waals surface area contributed by atoms with Crippen LogP contribution in [0.15, 0.2) is 52.6 Å². The van der Waals surface area contributed by atoms with Crippen molar-refractivity contribution in [2.45, 2.75) is 13.5 Å². The van der Waals surface area contributed by atoms with Crippen LogP contribution in [0.4, 0.5) is 5.69 Å². The SMILES string of the molecule is Cc1ccc(-c2nc3scc(C(=O)O)c3c(=O)n2CC(=O)Nc2cccc(Cl)c2Cl)cc1. The van der Waals surface area contributed by atoms with E-state index in [1.807, 2.05) is 19.1 Å². The normalized spacial score (nSPS) is 11.0. The summed E-state index contributed by atoms with van der Waals surface area (Å²) in [5.41, 5.74) is 1.17. The van der Waals surface area contributed by atoms with Gasteiger partial charge in [-0.15, -0.1) is 11.3 Å².